The summed E-state index contributed by atoms with van der Waals surface area (Å²) in [6, 6.07) is 0. The molecule has 0 unspecified atom stereocenters. The molecule has 11 heavy (non-hydrogen) atoms. The van der Waals surface area contributed by atoms with Gasteiger partial charge < -0.3 is 4.74 Å². The van der Waals surface area contributed by atoms with Gasteiger partial charge in [0, 0.05) is 6.42 Å². The third kappa shape index (κ3) is 5.96. The van der Waals surface area contributed by atoms with Gasteiger partial charge in [-0.3, -0.25) is 0 Å². The molecule has 1 nitrogen and oxygen atoms in total. The minimum absolute atomic E-state index is 0.587. The molecule has 0 aromatic rings. The molecular weight excluding hydrogens is 136 g/mol. The molecule has 0 aromatic carbocycles. The van der Waals surface area contributed by atoms with E-state index in [2.05, 4.69) is 33.8 Å². The molecule has 0 fully saturated rings. The number of allylic oxidation sites excluding steroid dienone is 2. The van der Waals surface area contributed by atoms with Crippen LogP contribution in [0.3, 0.4) is 0 Å². The van der Waals surface area contributed by atoms with E-state index in [0.717, 1.165) is 12.2 Å². The highest BCUT2D eigenvalue weighted by molar-refractivity contribution is 4.95. The average Bonchev–Trinajstić information content (AvgIpc) is 1.84. The topological polar surface area (TPSA) is 9.23 Å². The molecule has 0 aliphatic carbocycles. The fourth-order valence-electron chi connectivity index (χ4n) is 0.994. The summed E-state index contributed by atoms with van der Waals surface area (Å²) in [5.41, 5.74) is 0. The van der Waals surface area contributed by atoms with E-state index >= 15 is 0 Å². The molecule has 0 amide bonds. The lowest BCUT2D eigenvalue weighted by molar-refractivity contribution is 0.262. The number of ether oxygens (including phenoxy) is 1. The minimum Gasteiger partial charge on any atom is -0.501 e. The Morgan fingerprint density at radius 1 is 1.27 bits per heavy atom. The molecule has 0 saturated carbocycles. The first kappa shape index (κ1) is 10.5. The number of rotatable bonds is 4. The summed E-state index contributed by atoms with van der Waals surface area (Å²) in [7, 11) is 1.75. The summed E-state index contributed by atoms with van der Waals surface area (Å²) in [6.07, 6.45) is 3.23. The van der Waals surface area contributed by atoms with Gasteiger partial charge in [0.1, 0.15) is 0 Å². The number of methoxy groups -OCH3 is 1. The third-order valence-electron chi connectivity index (χ3n) is 1.39. The Morgan fingerprint density at radius 2 is 1.82 bits per heavy atom. The first-order valence-electron chi connectivity index (χ1n) is 4.31. The van der Waals surface area contributed by atoms with Crippen molar-refractivity contribution < 1.29 is 4.74 Å². The van der Waals surface area contributed by atoms with Crippen LogP contribution in [0.5, 0.6) is 0 Å². The van der Waals surface area contributed by atoms with Gasteiger partial charge in [-0.05, 0) is 17.9 Å². The Hall–Kier alpha value is -0.460. The second kappa shape index (κ2) is 5.22. The van der Waals surface area contributed by atoms with Gasteiger partial charge in [0.25, 0.3) is 0 Å². The Morgan fingerprint density at radius 3 is 2.09 bits per heavy atom. The summed E-state index contributed by atoms with van der Waals surface area (Å²) < 4.78 is 5.23. The van der Waals surface area contributed by atoms with Crippen LogP contribution in [0.2, 0.25) is 0 Å². The number of hydrogen-bond donors (Lipinski definition) is 0. The first-order valence-corrected chi connectivity index (χ1v) is 4.31. The highest BCUT2D eigenvalue weighted by atomic mass is 16.5. The van der Waals surface area contributed by atoms with Gasteiger partial charge in [0.2, 0.25) is 0 Å². The van der Waals surface area contributed by atoms with Crippen LogP contribution in [0.15, 0.2) is 11.8 Å². The molecule has 0 bridgehead atoms. The lowest BCUT2D eigenvalue weighted by Gasteiger charge is -2.09. The van der Waals surface area contributed by atoms with E-state index in [1.807, 2.05) is 0 Å². The average molecular weight is 156 g/mol. The maximum absolute atomic E-state index is 5.23. The largest absolute Gasteiger partial charge is 0.501 e. The summed E-state index contributed by atoms with van der Waals surface area (Å²) in [4.78, 5) is 0. The smallest absolute Gasteiger partial charge is 0.0920 e. The molecule has 0 aliphatic heterocycles. The van der Waals surface area contributed by atoms with E-state index in [-0.39, 0.29) is 0 Å². The quantitative estimate of drug-likeness (QED) is 0.568. The predicted molar refractivity (Wildman–Crippen MR) is 49.4 cm³/mol. The summed E-state index contributed by atoms with van der Waals surface area (Å²) in [5, 5.41) is 0. The van der Waals surface area contributed by atoms with Crippen molar-refractivity contribution in [2.24, 2.45) is 11.8 Å². The predicted octanol–water partition coefficient (Wildman–Crippen LogP) is 3.22. The van der Waals surface area contributed by atoms with Crippen LogP contribution in [0.1, 0.15) is 34.1 Å². The fraction of sp³-hybridized carbons (Fsp3) is 0.800. The fourth-order valence-corrected chi connectivity index (χ4v) is 0.994. The van der Waals surface area contributed by atoms with Crippen LogP contribution >= 0.6 is 0 Å². The SMILES string of the molecule is CO/C(=C\C(C)C)CC(C)C. The van der Waals surface area contributed by atoms with E-state index in [0.29, 0.717) is 11.8 Å². The van der Waals surface area contributed by atoms with Gasteiger partial charge in [-0.1, -0.05) is 27.7 Å². The van der Waals surface area contributed by atoms with Crippen LogP contribution < -0.4 is 0 Å². The van der Waals surface area contributed by atoms with E-state index < -0.39 is 0 Å². The van der Waals surface area contributed by atoms with Crippen molar-refractivity contribution in [3.05, 3.63) is 11.8 Å². The molecule has 0 rings (SSSR count). The van der Waals surface area contributed by atoms with Gasteiger partial charge in [-0.25, -0.2) is 0 Å². The standard InChI is InChI=1S/C10H20O/c1-8(2)6-10(11-5)7-9(3)4/h6,8-9H,7H2,1-5H3/b10-6-. The summed E-state index contributed by atoms with van der Waals surface area (Å²) in [5.74, 6) is 2.39. The highest BCUT2D eigenvalue weighted by Gasteiger charge is 2.01. The van der Waals surface area contributed by atoms with Gasteiger partial charge >= 0.3 is 0 Å². The second-order valence-electron chi connectivity index (χ2n) is 3.68. The second-order valence-corrected chi connectivity index (χ2v) is 3.68. The zero-order valence-electron chi connectivity index (χ0n) is 8.35. The Balaban J connectivity index is 3.94. The van der Waals surface area contributed by atoms with Crippen molar-refractivity contribution in [3.8, 4) is 0 Å². The number of hydrogen-bond acceptors (Lipinski definition) is 1. The molecule has 1 heteroatoms. The molecule has 0 aromatic heterocycles. The Bertz CT molecular complexity index is 123. The Labute approximate surface area is 70.4 Å². The van der Waals surface area contributed by atoms with Crippen molar-refractivity contribution in [1.29, 1.82) is 0 Å². The van der Waals surface area contributed by atoms with Crippen LogP contribution in [-0.4, -0.2) is 7.11 Å². The summed E-state index contributed by atoms with van der Waals surface area (Å²) >= 11 is 0. The first-order chi connectivity index (χ1) is 5.06. The normalized spacial score (nSPS) is 12.8. The molecule has 0 heterocycles. The van der Waals surface area contributed by atoms with Crippen LogP contribution in [-0.2, 0) is 4.74 Å². The van der Waals surface area contributed by atoms with Crippen molar-refractivity contribution in [3.63, 3.8) is 0 Å². The highest BCUT2D eigenvalue weighted by Crippen LogP contribution is 2.13. The Kier molecular flexibility index (Phi) is 5.01. The zero-order chi connectivity index (χ0) is 8.85. The van der Waals surface area contributed by atoms with Crippen LogP contribution in [0, 0.1) is 11.8 Å². The lowest BCUT2D eigenvalue weighted by Crippen LogP contribution is -1.96. The third-order valence-corrected chi connectivity index (χ3v) is 1.39. The molecule has 66 valence electrons. The van der Waals surface area contributed by atoms with Crippen molar-refractivity contribution in [2.45, 2.75) is 34.1 Å². The van der Waals surface area contributed by atoms with E-state index in [9.17, 15) is 0 Å². The summed E-state index contributed by atoms with van der Waals surface area (Å²) in [6.45, 7) is 8.74. The maximum atomic E-state index is 5.23. The van der Waals surface area contributed by atoms with E-state index in [4.69, 9.17) is 4.74 Å². The monoisotopic (exact) mass is 156 g/mol. The molecule has 0 atom stereocenters. The van der Waals surface area contributed by atoms with Gasteiger partial charge in [-0.15, -0.1) is 0 Å². The molecule has 0 spiro atoms. The maximum Gasteiger partial charge on any atom is 0.0920 e. The van der Waals surface area contributed by atoms with Crippen molar-refractivity contribution >= 4 is 0 Å². The van der Waals surface area contributed by atoms with Gasteiger partial charge in [0.15, 0.2) is 0 Å². The van der Waals surface area contributed by atoms with Gasteiger partial charge in [-0.2, -0.15) is 0 Å². The molecular formula is C10H20O. The molecule has 0 radical (unpaired) electrons. The molecule has 0 saturated heterocycles. The van der Waals surface area contributed by atoms with Crippen molar-refractivity contribution in [2.75, 3.05) is 7.11 Å². The lowest BCUT2D eigenvalue weighted by atomic mass is 10.1. The van der Waals surface area contributed by atoms with Gasteiger partial charge in [0.05, 0.1) is 12.9 Å². The van der Waals surface area contributed by atoms with E-state index in [1.54, 1.807) is 7.11 Å². The molecule has 0 aliphatic rings. The molecule has 0 N–H and O–H groups in total. The van der Waals surface area contributed by atoms with Crippen LogP contribution in [0.25, 0.3) is 0 Å². The van der Waals surface area contributed by atoms with E-state index in [1.165, 1.54) is 0 Å². The minimum atomic E-state index is 0.587. The van der Waals surface area contributed by atoms with Crippen LogP contribution in [0.4, 0.5) is 0 Å². The zero-order valence-corrected chi connectivity index (χ0v) is 8.35. The van der Waals surface area contributed by atoms with Crippen molar-refractivity contribution in [1.82, 2.24) is 0 Å².